The molecule has 2 aromatic carbocycles. The number of carbonyl (C=O) groups excluding carboxylic acids is 2. The third-order valence-corrected chi connectivity index (χ3v) is 9.63. The Kier molecular flexibility index (Phi) is 10.0. The van der Waals surface area contributed by atoms with Crippen molar-refractivity contribution in [3.8, 4) is 11.5 Å². The fourth-order valence-electron chi connectivity index (χ4n) is 6.31. The van der Waals surface area contributed by atoms with Gasteiger partial charge in [-0.1, -0.05) is 36.4 Å². The number of aryl methyl sites for hydroxylation is 1. The number of ether oxygens (including phenoxy) is 1. The molecule has 2 aromatic heterocycles. The van der Waals surface area contributed by atoms with Gasteiger partial charge in [-0.3, -0.25) is 9.59 Å². The van der Waals surface area contributed by atoms with Crippen LogP contribution >= 0.6 is 11.3 Å². The van der Waals surface area contributed by atoms with Gasteiger partial charge in [0.1, 0.15) is 11.3 Å². The zero-order valence-electron chi connectivity index (χ0n) is 25.8. The molecule has 0 aliphatic carbocycles. The monoisotopic (exact) mass is 641 g/mol. The first kappa shape index (κ1) is 31.8. The summed E-state index contributed by atoms with van der Waals surface area (Å²) in [6.45, 7) is 7.30. The molecule has 2 amide bonds. The summed E-state index contributed by atoms with van der Waals surface area (Å²) in [5.74, 6) is -0.286. The lowest BCUT2D eigenvalue weighted by Crippen LogP contribution is -2.52. The van der Waals surface area contributed by atoms with E-state index in [-0.39, 0.29) is 29.7 Å². The van der Waals surface area contributed by atoms with Crippen LogP contribution in [0.1, 0.15) is 62.3 Å². The summed E-state index contributed by atoms with van der Waals surface area (Å²) in [5, 5.41) is 21.0. The highest BCUT2D eigenvalue weighted by Gasteiger charge is 2.36. The molecule has 0 spiro atoms. The van der Waals surface area contributed by atoms with Gasteiger partial charge in [0.2, 0.25) is 5.89 Å². The van der Waals surface area contributed by atoms with Gasteiger partial charge in [0, 0.05) is 46.9 Å². The molecule has 0 bridgehead atoms. The van der Waals surface area contributed by atoms with Crippen LogP contribution in [0.5, 0.6) is 0 Å². The van der Waals surface area contributed by atoms with Gasteiger partial charge in [0.25, 0.3) is 11.8 Å². The second-order valence-electron chi connectivity index (χ2n) is 11.9. The van der Waals surface area contributed by atoms with Crippen LogP contribution in [0.4, 0.5) is 0 Å². The van der Waals surface area contributed by atoms with Gasteiger partial charge in [-0.25, -0.2) is 9.97 Å². The van der Waals surface area contributed by atoms with Crippen LogP contribution in [-0.4, -0.2) is 75.8 Å². The normalized spacial score (nSPS) is 20.8. The summed E-state index contributed by atoms with van der Waals surface area (Å²) in [6.07, 6.45) is 6.45. The lowest BCUT2D eigenvalue weighted by atomic mass is 9.94. The standard InChI is InChI=1S/C35H39N5O5S/c1-3-13-44-27-19-28(37-20-27)31(41)29(15-23-8-5-4-6-9-23)39-32(42)24-16-25(33-36-11-14-45-33)18-26(17-24)35(43)40-12-7-10-30(40)34-38-22(2)21-46-34/h3-6,8-9,11,14,16-18,21,27-31,37,41H,1,7,10,12-13,15,19-20H2,2H3,(H,39,42)/t27-,28-,29+,30-,31+/m1/s1. The van der Waals surface area contributed by atoms with E-state index < -0.39 is 18.1 Å². The zero-order valence-corrected chi connectivity index (χ0v) is 26.6. The van der Waals surface area contributed by atoms with E-state index in [1.54, 1.807) is 35.6 Å². The van der Waals surface area contributed by atoms with E-state index in [0.29, 0.717) is 49.6 Å². The van der Waals surface area contributed by atoms with Crippen LogP contribution in [0.15, 0.2) is 83.4 Å². The summed E-state index contributed by atoms with van der Waals surface area (Å²) in [4.78, 5) is 38.8. The Bertz CT molecular complexity index is 1640. The maximum Gasteiger partial charge on any atom is 0.254 e. The number of rotatable bonds is 12. The number of nitrogens with zero attached hydrogens (tertiary/aromatic N) is 3. The molecule has 2 saturated heterocycles. The van der Waals surface area contributed by atoms with Crippen LogP contribution in [0, 0.1) is 6.92 Å². The molecule has 3 N–H and O–H groups in total. The van der Waals surface area contributed by atoms with E-state index in [2.05, 4.69) is 27.2 Å². The highest BCUT2D eigenvalue weighted by molar-refractivity contribution is 7.09. The Morgan fingerprint density at radius 1 is 1.26 bits per heavy atom. The van der Waals surface area contributed by atoms with E-state index in [9.17, 15) is 14.7 Å². The Morgan fingerprint density at radius 3 is 2.83 bits per heavy atom. The largest absolute Gasteiger partial charge is 0.445 e. The van der Waals surface area contributed by atoms with Crippen molar-refractivity contribution in [1.82, 2.24) is 25.5 Å². The first-order valence-electron chi connectivity index (χ1n) is 15.7. The smallest absolute Gasteiger partial charge is 0.254 e. The number of hydrogen-bond donors (Lipinski definition) is 3. The van der Waals surface area contributed by atoms with E-state index in [0.717, 1.165) is 29.1 Å². The second kappa shape index (κ2) is 14.5. The van der Waals surface area contributed by atoms with Crippen molar-refractivity contribution in [2.75, 3.05) is 19.7 Å². The van der Waals surface area contributed by atoms with Crippen LogP contribution in [0.25, 0.3) is 11.5 Å². The molecular formula is C35H39N5O5S. The average Bonchev–Trinajstić information content (AvgIpc) is 3.91. The Labute approximate surface area is 272 Å². The molecule has 2 aliphatic heterocycles. The number of aromatic nitrogens is 2. The molecule has 0 radical (unpaired) electrons. The molecule has 11 heteroatoms. The molecule has 2 aliphatic rings. The summed E-state index contributed by atoms with van der Waals surface area (Å²) in [7, 11) is 0. The van der Waals surface area contributed by atoms with Crippen LogP contribution < -0.4 is 10.6 Å². The van der Waals surface area contributed by atoms with Gasteiger partial charge < -0.3 is 29.8 Å². The molecule has 6 rings (SSSR count). The topological polar surface area (TPSA) is 130 Å². The minimum Gasteiger partial charge on any atom is -0.445 e. The molecule has 0 saturated carbocycles. The number of carbonyl (C=O) groups is 2. The van der Waals surface area contributed by atoms with Crippen molar-refractivity contribution in [2.45, 2.75) is 62.9 Å². The highest BCUT2D eigenvalue weighted by Crippen LogP contribution is 2.35. The fraction of sp³-hybridized carbons (Fsp3) is 0.371. The van der Waals surface area contributed by atoms with Gasteiger partial charge >= 0.3 is 0 Å². The van der Waals surface area contributed by atoms with Crippen molar-refractivity contribution in [2.24, 2.45) is 0 Å². The molecule has 240 valence electrons. The third-order valence-electron chi connectivity index (χ3n) is 8.57. The van der Waals surface area contributed by atoms with Crippen molar-refractivity contribution in [3.05, 3.63) is 106 Å². The number of benzene rings is 2. The maximum atomic E-state index is 14.0. The lowest BCUT2D eigenvalue weighted by molar-refractivity contribution is 0.0617. The molecule has 4 aromatic rings. The molecule has 46 heavy (non-hydrogen) atoms. The van der Waals surface area contributed by atoms with E-state index >= 15 is 0 Å². The number of nitrogens with one attached hydrogen (secondary N) is 2. The number of hydrogen-bond acceptors (Lipinski definition) is 9. The van der Waals surface area contributed by atoms with E-state index in [1.807, 2.05) is 47.5 Å². The number of oxazole rings is 1. The number of amides is 2. The van der Waals surface area contributed by atoms with Gasteiger partial charge in [0.05, 0.1) is 37.1 Å². The van der Waals surface area contributed by atoms with Crippen molar-refractivity contribution < 1.29 is 23.8 Å². The number of likely N-dealkylation sites (tertiary alicyclic amines) is 1. The fourth-order valence-corrected chi connectivity index (χ4v) is 7.25. The first-order valence-corrected chi connectivity index (χ1v) is 16.5. The quantitative estimate of drug-likeness (QED) is 0.190. The van der Waals surface area contributed by atoms with Gasteiger partial charge in [-0.05, 0) is 56.4 Å². The molecule has 0 unspecified atom stereocenters. The van der Waals surface area contributed by atoms with E-state index in [4.69, 9.17) is 9.15 Å². The van der Waals surface area contributed by atoms with Crippen LogP contribution in [-0.2, 0) is 11.2 Å². The summed E-state index contributed by atoms with van der Waals surface area (Å²) in [6, 6.07) is 13.7. The van der Waals surface area contributed by atoms with E-state index in [1.165, 1.54) is 12.5 Å². The SMILES string of the molecule is C=CCO[C@H]1CN[C@@H]([C@H](O)[C@H](Cc2ccccc2)NC(=O)c2cc(C(=O)N3CCC[C@@H]3c3nc(C)cs3)cc(-c3ncco3)c2)C1. The molecule has 4 heterocycles. The van der Waals surface area contributed by atoms with Crippen molar-refractivity contribution in [1.29, 1.82) is 0 Å². The van der Waals surface area contributed by atoms with Gasteiger partial charge in [0.15, 0.2) is 0 Å². The Balaban J connectivity index is 1.27. The van der Waals surface area contributed by atoms with Crippen LogP contribution in [0.2, 0.25) is 0 Å². The highest BCUT2D eigenvalue weighted by atomic mass is 32.1. The van der Waals surface area contributed by atoms with Crippen molar-refractivity contribution in [3.63, 3.8) is 0 Å². The minimum atomic E-state index is -0.898. The summed E-state index contributed by atoms with van der Waals surface area (Å²) < 4.78 is 11.4. The Hall–Kier alpha value is -4.16. The predicted octanol–water partition coefficient (Wildman–Crippen LogP) is 4.72. The first-order chi connectivity index (χ1) is 22.4. The molecule has 10 nitrogen and oxygen atoms in total. The van der Waals surface area contributed by atoms with Crippen LogP contribution in [0.3, 0.4) is 0 Å². The number of aliphatic hydroxyl groups is 1. The predicted molar refractivity (Wildman–Crippen MR) is 176 cm³/mol. The summed E-state index contributed by atoms with van der Waals surface area (Å²) >= 11 is 1.56. The maximum absolute atomic E-state index is 14.0. The van der Waals surface area contributed by atoms with Gasteiger partial charge in [-0.15, -0.1) is 17.9 Å². The van der Waals surface area contributed by atoms with Gasteiger partial charge in [-0.2, -0.15) is 0 Å². The minimum absolute atomic E-state index is 0.0560. The zero-order chi connectivity index (χ0) is 32.0. The Morgan fingerprint density at radius 2 is 2.09 bits per heavy atom. The molecule has 2 fully saturated rings. The molecule has 5 atom stereocenters. The number of aliphatic hydroxyl groups excluding tert-OH is 1. The lowest BCUT2D eigenvalue weighted by Gasteiger charge is -2.29. The number of thiazole rings is 1. The third kappa shape index (κ3) is 7.28. The average molecular weight is 642 g/mol. The summed E-state index contributed by atoms with van der Waals surface area (Å²) in [5.41, 5.74) is 3.06. The second-order valence-corrected chi connectivity index (χ2v) is 12.8. The van der Waals surface area contributed by atoms with Crippen molar-refractivity contribution >= 4 is 23.2 Å². The molecular weight excluding hydrogens is 602 g/mol.